The van der Waals surface area contributed by atoms with Crippen LogP contribution in [0.3, 0.4) is 0 Å². The van der Waals surface area contributed by atoms with E-state index in [0.29, 0.717) is 11.1 Å². The maximum atomic E-state index is 12.7. The van der Waals surface area contributed by atoms with Gasteiger partial charge >= 0.3 is 17.9 Å². The molecule has 0 fully saturated rings. The Morgan fingerprint density at radius 3 is 1.84 bits per heavy atom. The normalized spacial score (nSPS) is 10.8. The van der Waals surface area contributed by atoms with E-state index in [4.69, 9.17) is 14.2 Å². The molecular weight excluding hydrogens is 478 g/mol. The molecule has 0 radical (unpaired) electrons. The molecule has 2 aromatic carbocycles. The largest absolute Gasteiger partial charge is 0.464 e. The SMILES string of the molecule is CCOC(=O)C(CCc1ccc(C(=O)COC(=O)Cc2ccc(C)cc2)cc1)(NC(C)=O)C(=O)OCC. The van der Waals surface area contributed by atoms with Gasteiger partial charge in [0.2, 0.25) is 11.4 Å². The van der Waals surface area contributed by atoms with Gasteiger partial charge < -0.3 is 19.5 Å². The Bertz CT molecular complexity index is 1090. The zero-order valence-electron chi connectivity index (χ0n) is 21.6. The minimum absolute atomic E-state index is 0.0198. The van der Waals surface area contributed by atoms with Crippen molar-refractivity contribution >= 4 is 29.6 Å². The average molecular weight is 512 g/mol. The number of carbonyl (C=O) groups is 5. The number of benzene rings is 2. The van der Waals surface area contributed by atoms with Gasteiger partial charge in [0.05, 0.1) is 19.6 Å². The number of carbonyl (C=O) groups excluding carboxylic acids is 5. The highest BCUT2D eigenvalue weighted by Crippen LogP contribution is 2.20. The van der Waals surface area contributed by atoms with E-state index in [1.807, 2.05) is 31.2 Å². The van der Waals surface area contributed by atoms with Crippen LogP contribution < -0.4 is 5.32 Å². The Hall–Kier alpha value is -4.01. The average Bonchev–Trinajstić information content (AvgIpc) is 2.86. The van der Waals surface area contributed by atoms with E-state index >= 15 is 0 Å². The first-order valence-corrected chi connectivity index (χ1v) is 12.1. The van der Waals surface area contributed by atoms with E-state index in [0.717, 1.165) is 11.1 Å². The summed E-state index contributed by atoms with van der Waals surface area (Å²) >= 11 is 0. The highest BCUT2D eigenvalue weighted by atomic mass is 16.6. The van der Waals surface area contributed by atoms with Crippen molar-refractivity contribution in [3.8, 4) is 0 Å². The number of hydrogen-bond donors (Lipinski definition) is 1. The molecule has 1 amide bonds. The Labute approximate surface area is 216 Å². The van der Waals surface area contributed by atoms with Gasteiger partial charge in [-0.25, -0.2) is 9.59 Å². The summed E-state index contributed by atoms with van der Waals surface area (Å²) in [5.74, 6) is -3.25. The van der Waals surface area contributed by atoms with Crippen molar-refractivity contribution in [3.05, 3.63) is 70.8 Å². The van der Waals surface area contributed by atoms with Crippen LogP contribution in [0.2, 0.25) is 0 Å². The first kappa shape index (κ1) is 29.2. The predicted octanol–water partition coefficient (Wildman–Crippen LogP) is 2.90. The van der Waals surface area contributed by atoms with Gasteiger partial charge in [-0.15, -0.1) is 0 Å². The fraction of sp³-hybridized carbons (Fsp3) is 0.393. The minimum atomic E-state index is -1.99. The van der Waals surface area contributed by atoms with Crippen LogP contribution in [0.25, 0.3) is 0 Å². The number of hydrogen-bond acceptors (Lipinski definition) is 8. The van der Waals surface area contributed by atoms with Crippen LogP contribution in [0.1, 0.15) is 54.2 Å². The van der Waals surface area contributed by atoms with Gasteiger partial charge in [-0.05, 0) is 44.7 Å². The second kappa shape index (κ2) is 13.9. The van der Waals surface area contributed by atoms with E-state index in [2.05, 4.69) is 5.32 Å². The van der Waals surface area contributed by atoms with Gasteiger partial charge in [0, 0.05) is 12.5 Å². The zero-order valence-corrected chi connectivity index (χ0v) is 21.6. The molecule has 9 heteroatoms. The van der Waals surface area contributed by atoms with E-state index in [1.54, 1.807) is 38.1 Å². The molecule has 0 spiro atoms. The van der Waals surface area contributed by atoms with Crippen molar-refractivity contribution < 1.29 is 38.2 Å². The second-order valence-electron chi connectivity index (χ2n) is 8.47. The van der Waals surface area contributed by atoms with Crippen LogP contribution in [-0.2, 0) is 46.2 Å². The van der Waals surface area contributed by atoms with Crippen LogP contribution in [0.4, 0.5) is 0 Å². The number of esters is 3. The molecular formula is C28H33NO8. The Morgan fingerprint density at radius 1 is 0.784 bits per heavy atom. The first-order chi connectivity index (χ1) is 17.6. The molecule has 0 unspecified atom stereocenters. The van der Waals surface area contributed by atoms with E-state index < -0.39 is 29.4 Å². The summed E-state index contributed by atoms with van der Waals surface area (Å²) in [5.41, 5.74) is 0.941. The van der Waals surface area contributed by atoms with Crippen molar-refractivity contribution in [1.82, 2.24) is 5.32 Å². The summed E-state index contributed by atoms with van der Waals surface area (Å²) in [7, 11) is 0. The van der Waals surface area contributed by atoms with Crippen LogP contribution >= 0.6 is 0 Å². The fourth-order valence-electron chi connectivity index (χ4n) is 3.60. The smallest absolute Gasteiger partial charge is 0.343 e. The summed E-state index contributed by atoms with van der Waals surface area (Å²) in [6, 6.07) is 13.9. The first-order valence-electron chi connectivity index (χ1n) is 12.1. The Morgan fingerprint density at radius 2 is 1.32 bits per heavy atom. The second-order valence-corrected chi connectivity index (χ2v) is 8.47. The molecule has 0 aliphatic rings. The highest BCUT2D eigenvalue weighted by Gasteiger charge is 2.49. The molecule has 1 N–H and O–H groups in total. The number of amides is 1. The number of ketones is 1. The summed E-state index contributed by atoms with van der Waals surface area (Å²) < 4.78 is 15.2. The molecule has 9 nitrogen and oxygen atoms in total. The third-order valence-corrected chi connectivity index (χ3v) is 5.54. The molecule has 0 saturated carbocycles. The zero-order chi connectivity index (χ0) is 27.4. The van der Waals surface area contributed by atoms with E-state index in [1.165, 1.54) is 6.92 Å². The van der Waals surface area contributed by atoms with Gasteiger partial charge in [-0.1, -0.05) is 54.1 Å². The molecule has 0 aliphatic carbocycles. The Kier molecular flexibility index (Phi) is 11.0. The van der Waals surface area contributed by atoms with Gasteiger partial charge in [0.1, 0.15) is 0 Å². The van der Waals surface area contributed by atoms with Gasteiger partial charge in [0.15, 0.2) is 12.4 Å². The summed E-state index contributed by atoms with van der Waals surface area (Å²) in [5, 5.41) is 2.42. The van der Waals surface area contributed by atoms with E-state index in [9.17, 15) is 24.0 Å². The fourth-order valence-corrected chi connectivity index (χ4v) is 3.60. The lowest BCUT2D eigenvalue weighted by atomic mass is 9.90. The lowest BCUT2D eigenvalue weighted by Gasteiger charge is -2.29. The molecule has 37 heavy (non-hydrogen) atoms. The summed E-state index contributed by atoms with van der Waals surface area (Å²) in [6.45, 7) is 5.99. The van der Waals surface area contributed by atoms with Crippen molar-refractivity contribution in [2.24, 2.45) is 0 Å². The molecule has 0 atom stereocenters. The molecule has 0 bridgehead atoms. The van der Waals surface area contributed by atoms with E-state index in [-0.39, 0.29) is 44.9 Å². The lowest BCUT2D eigenvalue weighted by molar-refractivity contribution is -0.168. The number of aryl methyl sites for hydroxylation is 2. The molecule has 0 saturated heterocycles. The molecule has 0 aliphatic heterocycles. The maximum Gasteiger partial charge on any atom is 0.343 e. The van der Waals surface area contributed by atoms with Gasteiger partial charge in [-0.3, -0.25) is 14.4 Å². The van der Waals surface area contributed by atoms with Crippen LogP contribution in [0.5, 0.6) is 0 Å². The highest BCUT2D eigenvalue weighted by molar-refractivity contribution is 6.07. The quantitative estimate of drug-likeness (QED) is 0.188. The summed E-state index contributed by atoms with van der Waals surface area (Å²) in [6.07, 6.45) is 0.176. The standard InChI is InChI=1S/C28H33NO8/c1-5-35-26(33)28(29-20(4)30,27(34)36-6-2)16-15-21-11-13-23(14-12-21)24(31)18-37-25(32)17-22-9-7-19(3)8-10-22/h7-14H,5-6,15-18H2,1-4H3,(H,29,30). The number of Topliss-reactive ketones (excluding diaryl/α,β-unsaturated/α-hetero) is 1. The van der Waals surface area contributed by atoms with Gasteiger partial charge in [0.25, 0.3) is 0 Å². The predicted molar refractivity (Wildman–Crippen MR) is 135 cm³/mol. The van der Waals surface area contributed by atoms with Gasteiger partial charge in [-0.2, -0.15) is 0 Å². The third kappa shape index (κ3) is 8.56. The molecule has 2 aromatic rings. The van der Waals surface area contributed by atoms with Crippen molar-refractivity contribution in [2.45, 2.75) is 52.5 Å². The lowest BCUT2D eigenvalue weighted by Crippen LogP contribution is -2.61. The third-order valence-electron chi connectivity index (χ3n) is 5.54. The van der Waals surface area contributed by atoms with Crippen molar-refractivity contribution in [2.75, 3.05) is 19.8 Å². The monoisotopic (exact) mass is 511 g/mol. The molecule has 0 aromatic heterocycles. The van der Waals surface area contributed by atoms with Crippen molar-refractivity contribution in [3.63, 3.8) is 0 Å². The minimum Gasteiger partial charge on any atom is -0.464 e. The summed E-state index contributed by atoms with van der Waals surface area (Å²) in [4.78, 5) is 61.8. The number of rotatable bonds is 13. The van der Waals surface area contributed by atoms with Crippen LogP contribution in [-0.4, -0.2) is 55.0 Å². The van der Waals surface area contributed by atoms with Crippen LogP contribution in [0, 0.1) is 6.92 Å². The molecule has 198 valence electrons. The maximum absolute atomic E-state index is 12.7. The number of nitrogens with one attached hydrogen (secondary N) is 1. The molecule has 2 rings (SSSR count). The number of ether oxygens (including phenoxy) is 3. The van der Waals surface area contributed by atoms with Crippen LogP contribution in [0.15, 0.2) is 48.5 Å². The molecule has 0 heterocycles. The van der Waals surface area contributed by atoms with Crippen molar-refractivity contribution in [1.29, 1.82) is 0 Å². The Balaban J connectivity index is 2.03. The topological polar surface area (TPSA) is 125 Å².